The molecule has 2 aromatic carbocycles. The van der Waals surface area contributed by atoms with E-state index in [1.165, 1.54) is 36.9 Å². The molecule has 3 N–H and O–H groups in total. The molecule has 2 fully saturated rings. The largest absolute Gasteiger partial charge is 0.369 e. The number of thiazole rings is 1. The van der Waals surface area contributed by atoms with Crippen LogP contribution in [-0.2, 0) is 6.54 Å². The molecule has 1 atom stereocenters. The second-order valence-electron chi connectivity index (χ2n) is 9.87. The van der Waals surface area contributed by atoms with E-state index in [2.05, 4.69) is 81.3 Å². The van der Waals surface area contributed by atoms with Gasteiger partial charge in [0.15, 0.2) is 11.6 Å². The van der Waals surface area contributed by atoms with Gasteiger partial charge in [-0.25, -0.2) is 15.0 Å². The average molecular weight is 500 g/mol. The average Bonchev–Trinajstić information content (AvgIpc) is 3.57. The van der Waals surface area contributed by atoms with Crippen LogP contribution in [0.25, 0.3) is 21.7 Å². The van der Waals surface area contributed by atoms with E-state index in [0.717, 1.165) is 59.4 Å². The van der Waals surface area contributed by atoms with Crippen LogP contribution in [0.5, 0.6) is 0 Å². The Labute approximate surface area is 216 Å². The van der Waals surface area contributed by atoms with Crippen molar-refractivity contribution in [3.05, 3.63) is 59.6 Å². The first kappa shape index (κ1) is 23.3. The van der Waals surface area contributed by atoms with Gasteiger partial charge in [0, 0.05) is 42.1 Å². The molecule has 0 spiro atoms. The Morgan fingerprint density at radius 2 is 1.94 bits per heavy atom. The number of benzene rings is 2. The lowest BCUT2D eigenvalue weighted by Crippen LogP contribution is -2.39. The van der Waals surface area contributed by atoms with Crippen LogP contribution >= 0.6 is 11.3 Å². The van der Waals surface area contributed by atoms with Crippen LogP contribution in [-0.4, -0.2) is 46.7 Å². The SMILES string of the molecule is C[C@H]1CCCN1c1cccc(Nc2nc(-c3cccc(CNC4CCNCC4)c3)nc3scnc23)c1. The number of hydrogen-bond acceptors (Lipinski definition) is 8. The predicted molar refractivity (Wildman–Crippen MR) is 149 cm³/mol. The Bertz CT molecular complexity index is 1330. The molecule has 7 nitrogen and oxygen atoms in total. The van der Waals surface area contributed by atoms with Gasteiger partial charge in [0.25, 0.3) is 0 Å². The summed E-state index contributed by atoms with van der Waals surface area (Å²) < 4.78 is 0. The van der Waals surface area contributed by atoms with Crippen molar-refractivity contribution in [3.63, 3.8) is 0 Å². The lowest BCUT2D eigenvalue weighted by Gasteiger charge is -2.24. The van der Waals surface area contributed by atoms with Crippen molar-refractivity contribution in [2.24, 2.45) is 0 Å². The molecule has 6 rings (SSSR count). The normalized spacial score (nSPS) is 18.7. The molecule has 2 aromatic heterocycles. The van der Waals surface area contributed by atoms with E-state index in [1.807, 2.05) is 5.51 Å². The zero-order valence-corrected chi connectivity index (χ0v) is 21.5. The van der Waals surface area contributed by atoms with Gasteiger partial charge < -0.3 is 20.9 Å². The maximum Gasteiger partial charge on any atom is 0.163 e. The molecule has 2 aliphatic heterocycles. The number of piperidine rings is 1. The first-order valence-corrected chi connectivity index (χ1v) is 13.9. The van der Waals surface area contributed by atoms with E-state index in [9.17, 15) is 0 Å². The topological polar surface area (TPSA) is 78.0 Å². The smallest absolute Gasteiger partial charge is 0.163 e. The third-order valence-electron chi connectivity index (χ3n) is 7.31. The van der Waals surface area contributed by atoms with Gasteiger partial charge in [-0.15, -0.1) is 11.3 Å². The van der Waals surface area contributed by atoms with Crippen molar-refractivity contribution in [2.75, 3.05) is 29.9 Å². The first-order valence-electron chi connectivity index (χ1n) is 13.0. The van der Waals surface area contributed by atoms with Crippen LogP contribution in [0.4, 0.5) is 17.2 Å². The van der Waals surface area contributed by atoms with Gasteiger partial charge in [-0.1, -0.05) is 24.3 Å². The summed E-state index contributed by atoms with van der Waals surface area (Å²) in [6.07, 6.45) is 4.86. The molecular weight excluding hydrogens is 466 g/mol. The van der Waals surface area contributed by atoms with Gasteiger partial charge in [-0.2, -0.15) is 0 Å². The summed E-state index contributed by atoms with van der Waals surface area (Å²) in [7, 11) is 0. The zero-order chi connectivity index (χ0) is 24.3. The molecule has 2 saturated heterocycles. The first-order chi connectivity index (χ1) is 17.7. The molecule has 0 unspecified atom stereocenters. The van der Waals surface area contributed by atoms with Crippen LogP contribution < -0.4 is 20.9 Å². The van der Waals surface area contributed by atoms with Gasteiger partial charge in [-0.05, 0) is 75.5 Å². The molecule has 0 aliphatic carbocycles. The number of nitrogens with one attached hydrogen (secondary N) is 3. The van der Waals surface area contributed by atoms with Crippen molar-refractivity contribution in [2.45, 2.75) is 51.2 Å². The van der Waals surface area contributed by atoms with Crippen molar-refractivity contribution in [1.29, 1.82) is 0 Å². The summed E-state index contributed by atoms with van der Waals surface area (Å²) in [5.74, 6) is 1.48. The van der Waals surface area contributed by atoms with Crippen molar-refractivity contribution in [1.82, 2.24) is 25.6 Å². The van der Waals surface area contributed by atoms with Gasteiger partial charge in [-0.3, -0.25) is 0 Å². The molecule has 186 valence electrons. The molecule has 0 radical (unpaired) electrons. The van der Waals surface area contributed by atoms with E-state index in [4.69, 9.17) is 9.97 Å². The Kier molecular flexibility index (Phi) is 6.81. The van der Waals surface area contributed by atoms with Crippen molar-refractivity contribution in [3.8, 4) is 11.4 Å². The lowest BCUT2D eigenvalue weighted by atomic mass is 10.1. The summed E-state index contributed by atoms with van der Waals surface area (Å²) in [5, 5.41) is 10.7. The summed E-state index contributed by atoms with van der Waals surface area (Å²) in [6, 6.07) is 18.3. The molecule has 36 heavy (non-hydrogen) atoms. The Morgan fingerprint density at radius 3 is 2.81 bits per heavy atom. The van der Waals surface area contributed by atoms with Gasteiger partial charge in [0.2, 0.25) is 0 Å². The minimum Gasteiger partial charge on any atom is -0.369 e. The molecule has 8 heteroatoms. The standard InChI is InChI=1S/C28H33N7S/c1-19-5-4-14-35(19)24-9-3-8-23(16-24)32-27-25-28(36-18-31-25)34-26(33-27)21-7-2-6-20(15-21)17-30-22-10-12-29-13-11-22/h2-3,6-9,15-16,18-19,22,29-30H,4-5,10-14,17H2,1H3,(H,32,33,34)/t19-/m0/s1. The molecule has 0 amide bonds. The van der Waals surface area contributed by atoms with Crippen LogP contribution in [0.3, 0.4) is 0 Å². The fraction of sp³-hybridized carbons (Fsp3) is 0.393. The highest BCUT2D eigenvalue weighted by molar-refractivity contribution is 7.16. The second-order valence-corrected chi connectivity index (χ2v) is 10.7. The van der Waals surface area contributed by atoms with Crippen molar-refractivity contribution >= 4 is 38.9 Å². The van der Waals surface area contributed by atoms with E-state index in [0.29, 0.717) is 12.1 Å². The highest BCUT2D eigenvalue weighted by Gasteiger charge is 2.21. The number of fused-ring (bicyclic) bond motifs is 1. The minimum atomic E-state index is 0.577. The number of rotatable bonds is 7. The van der Waals surface area contributed by atoms with Gasteiger partial charge in [0.1, 0.15) is 10.3 Å². The fourth-order valence-electron chi connectivity index (χ4n) is 5.30. The van der Waals surface area contributed by atoms with E-state index in [1.54, 1.807) is 11.3 Å². The molecule has 0 saturated carbocycles. The summed E-state index contributed by atoms with van der Waals surface area (Å²) >= 11 is 1.55. The molecule has 2 aliphatic rings. The predicted octanol–water partition coefficient (Wildman–Crippen LogP) is 5.33. The molecule has 4 heterocycles. The summed E-state index contributed by atoms with van der Waals surface area (Å²) in [5.41, 5.74) is 7.20. The van der Waals surface area contributed by atoms with E-state index in [-0.39, 0.29) is 0 Å². The summed E-state index contributed by atoms with van der Waals surface area (Å²) in [6.45, 7) is 6.46. The molecular formula is C28H33N7S. The van der Waals surface area contributed by atoms with Crippen LogP contribution in [0, 0.1) is 0 Å². The minimum absolute atomic E-state index is 0.577. The highest BCUT2D eigenvalue weighted by Crippen LogP contribution is 2.31. The fourth-order valence-corrected chi connectivity index (χ4v) is 5.96. The number of nitrogens with zero attached hydrogens (tertiary/aromatic N) is 4. The maximum absolute atomic E-state index is 4.95. The van der Waals surface area contributed by atoms with Crippen molar-refractivity contribution < 1.29 is 0 Å². The Morgan fingerprint density at radius 1 is 1.06 bits per heavy atom. The monoisotopic (exact) mass is 499 g/mol. The third kappa shape index (κ3) is 5.07. The summed E-state index contributed by atoms with van der Waals surface area (Å²) in [4.78, 5) is 17.8. The zero-order valence-electron chi connectivity index (χ0n) is 20.7. The Balaban J connectivity index is 1.26. The third-order valence-corrected chi connectivity index (χ3v) is 8.03. The van der Waals surface area contributed by atoms with Gasteiger partial charge >= 0.3 is 0 Å². The lowest BCUT2D eigenvalue weighted by molar-refractivity contribution is 0.386. The Hall–Kier alpha value is -3.07. The molecule has 0 bridgehead atoms. The van der Waals surface area contributed by atoms with Crippen LogP contribution in [0.15, 0.2) is 54.0 Å². The van der Waals surface area contributed by atoms with E-state index >= 15 is 0 Å². The molecule has 4 aromatic rings. The van der Waals surface area contributed by atoms with E-state index < -0.39 is 0 Å². The quantitative estimate of drug-likeness (QED) is 0.317. The van der Waals surface area contributed by atoms with Gasteiger partial charge in [0.05, 0.1) is 5.51 Å². The van der Waals surface area contributed by atoms with Crippen LogP contribution in [0.1, 0.15) is 38.2 Å². The van der Waals surface area contributed by atoms with Crippen LogP contribution in [0.2, 0.25) is 0 Å². The second kappa shape index (κ2) is 10.5. The number of hydrogen-bond donors (Lipinski definition) is 3. The highest BCUT2D eigenvalue weighted by atomic mass is 32.1. The number of anilines is 3. The maximum atomic E-state index is 4.95. The number of aromatic nitrogens is 3.